The van der Waals surface area contributed by atoms with Gasteiger partial charge in [-0.25, -0.2) is 0 Å². The maximum Gasteiger partial charge on any atom is 0.0368 e. The molecule has 1 aromatic carbocycles. The number of nitrogens with zero attached hydrogens (tertiary/aromatic N) is 1. The van der Waals surface area contributed by atoms with Gasteiger partial charge in [0.15, 0.2) is 0 Å². The minimum Gasteiger partial charge on any atom is -0.372 e. The highest BCUT2D eigenvalue weighted by atomic mass is 15.1. The smallest absolute Gasteiger partial charge is 0.0368 e. The van der Waals surface area contributed by atoms with Crippen molar-refractivity contribution >= 4 is 5.69 Å². The standard InChI is InChI=1S/C18H27N/c1-4-14-6-5-7-17(10-14)19(3)18-11-15-8-13(2)9-16(15)12-18/h5-7,10,13,15-16,18H,4,8-9,11-12H2,1-3H3. The van der Waals surface area contributed by atoms with Gasteiger partial charge in [0.25, 0.3) is 0 Å². The summed E-state index contributed by atoms with van der Waals surface area (Å²) in [6, 6.07) is 9.87. The largest absolute Gasteiger partial charge is 0.372 e. The summed E-state index contributed by atoms with van der Waals surface area (Å²) in [6.07, 6.45) is 6.92. The Morgan fingerprint density at radius 3 is 2.42 bits per heavy atom. The lowest BCUT2D eigenvalue weighted by Gasteiger charge is -2.28. The third-order valence-corrected chi connectivity index (χ3v) is 5.50. The van der Waals surface area contributed by atoms with E-state index in [0.29, 0.717) is 0 Å². The van der Waals surface area contributed by atoms with Crippen LogP contribution in [0.4, 0.5) is 5.69 Å². The van der Waals surface area contributed by atoms with E-state index in [4.69, 9.17) is 0 Å². The summed E-state index contributed by atoms with van der Waals surface area (Å²) in [5.41, 5.74) is 2.87. The molecule has 2 atom stereocenters. The van der Waals surface area contributed by atoms with Gasteiger partial charge in [-0.15, -0.1) is 0 Å². The molecule has 2 unspecified atom stereocenters. The minimum atomic E-state index is 0.773. The Morgan fingerprint density at radius 1 is 1.11 bits per heavy atom. The zero-order valence-corrected chi connectivity index (χ0v) is 12.6. The molecule has 2 aliphatic rings. The Labute approximate surface area is 118 Å². The molecule has 2 fully saturated rings. The molecule has 1 heteroatoms. The maximum absolute atomic E-state index is 2.54. The normalized spacial score (nSPS) is 33.4. The maximum atomic E-state index is 2.54. The summed E-state index contributed by atoms with van der Waals surface area (Å²) in [5.74, 6) is 3.00. The average molecular weight is 257 g/mol. The first kappa shape index (κ1) is 13.0. The van der Waals surface area contributed by atoms with Crippen molar-refractivity contribution in [2.75, 3.05) is 11.9 Å². The lowest BCUT2D eigenvalue weighted by Crippen LogP contribution is -2.29. The van der Waals surface area contributed by atoms with E-state index in [1.54, 1.807) is 0 Å². The fraction of sp³-hybridized carbons (Fsp3) is 0.667. The topological polar surface area (TPSA) is 3.24 Å². The van der Waals surface area contributed by atoms with E-state index in [1.165, 1.54) is 36.9 Å². The Bertz CT molecular complexity index is 425. The van der Waals surface area contributed by atoms with Crippen molar-refractivity contribution in [1.29, 1.82) is 0 Å². The van der Waals surface area contributed by atoms with Crippen molar-refractivity contribution in [2.24, 2.45) is 17.8 Å². The van der Waals surface area contributed by atoms with Gasteiger partial charge in [0.1, 0.15) is 0 Å². The number of anilines is 1. The van der Waals surface area contributed by atoms with E-state index in [1.807, 2.05) is 0 Å². The molecule has 0 N–H and O–H groups in total. The van der Waals surface area contributed by atoms with Crippen molar-refractivity contribution in [1.82, 2.24) is 0 Å². The monoisotopic (exact) mass is 257 g/mol. The summed E-state index contributed by atoms with van der Waals surface area (Å²) in [7, 11) is 2.30. The van der Waals surface area contributed by atoms with Gasteiger partial charge >= 0.3 is 0 Å². The van der Waals surface area contributed by atoms with Crippen molar-refractivity contribution in [3.63, 3.8) is 0 Å². The Hall–Kier alpha value is -0.980. The lowest BCUT2D eigenvalue weighted by atomic mass is 10.0. The van der Waals surface area contributed by atoms with Gasteiger partial charge in [0.2, 0.25) is 0 Å². The molecule has 104 valence electrons. The summed E-state index contributed by atoms with van der Waals surface area (Å²) in [6.45, 7) is 4.67. The number of hydrogen-bond donors (Lipinski definition) is 0. The molecule has 3 rings (SSSR count). The molecule has 0 amide bonds. The summed E-state index contributed by atoms with van der Waals surface area (Å²) in [5, 5.41) is 0. The second-order valence-electron chi connectivity index (χ2n) is 6.86. The first-order valence-electron chi connectivity index (χ1n) is 7.99. The predicted octanol–water partition coefficient (Wildman–Crippen LogP) is 4.51. The van der Waals surface area contributed by atoms with Crippen molar-refractivity contribution < 1.29 is 0 Å². The zero-order chi connectivity index (χ0) is 13.4. The number of rotatable bonds is 3. The number of fused-ring (bicyclic) bond motifs is 1. The minimum absolute atomic E-state index is 0.773. The van der Waals surface area contributed by atoms with Gasteiger partial charge < -0.3 is 4.90 Å². The van der Waals surface area contributed by atoms with Crippen LogP contribution in [0.25, 0.3) is 0 Å². The van der Waals surface area contributed by atoms with E-state index < -0.39 is 0 Å². The van der Waals surface area contributed by atoms with Gasteiger partial charge in [-0.2, -0.15) is 0 Å². The first-order chi connectivity index (χ1) is 9.17. The molecule has 0 aromatic heterocycles. The lowest BCUT2D eigenvalue weighted by molar-refractivity contribution is 0.457. The van der Waals surface area contributed by atoms with E-state index in [-0.39, 0.29) is 0 Å². The Kier molecular flexibility index (Phi) is 3.56. The van der Waals surface area contributed by atoms with Crippen LogP contribution in [0.1, 0.15) is 45.1 Å². The van der Waals surface area contributed by atoms with Crippen LogP contribution < -0.4 is 4.90 Å². The molecule has 19 heavy (non-hydrogen) atoms. The van der Waals surface area contributed by atoms with Crippen LogP contribution in [0.3, 0.4) is 0 Å². The molecular formula is C18H27N. The zero-order valence-electron chi connectivity index (χ0n) is 12.6. The van der Waals surface area contributed by atoms with Gasteiger partial charge in [-0.05, 0) is 67.6 Å². The molecule has 0 radical (unpaired) electrons. The van der Waals surface area contributed by atoms with E-state index in [0.717, 1.165) is 30.2 Å². The fourth-order valence-corrected chi connectivity index (χ4v) is 4.41. The summed E-state index contributed by atoms with van der Waals surface area (Å²) in [4.78, 5) is 2.54. The summed E-state index contributed by atoms with van der Waals surface area (Å²) < 4.78 is 0. The number of hydrogen-bond acceptors (Lipinski definition) is 1. The molecule has 2 aliphatic carbocycles. The van der Waals surface area contributed by atoms with E-state index in [9.17, 15) is 0 Å². The average Bonchev–Trinajstić information content (AvgIpc) is 2.95. The molecule has 1 aromatic rings. The van der Waals surface area contributed by atoms with Crippen LogP contribution in [0.15, 0.2) is 24.3 Å². The second kappa shape index (κ2) is 5.19. The highest BCUT2D eigenvalue weighted by Crippen LogP contribution is 2.48. The van der Waals surface area contributed by atoms with Crippen LogP contribution in [0.2, 0.25) is 0 Å². The van der Waals surface area contributed by atoms with Gasteiger partial charge in [0.05, 0.1) is 0 Å². The number of aryl methyl sites for hydroxylation is 1. The SMILES string of the molecule is CCc1cccc(N(C)C2CC3CC(C)CC3C2)c1. The fourth-order valence-electron chi connectivity index (χ4n) is 4.41. The Morgan fingerprint density at radius 2 is 1.79 bits per heavy atom. The molecule has 0 bridgehead atoms. The van der Waals surface area contributed by atoms with Crippen molar-refractivity contribution in [3.8, 4) is 0 Å². The molecular weight excluding hydrogens is 230 g/mol. The van der Waals surface area contributed by atoms with Gasteiger partial charge in [0, 0.05) is 18.8 Å². The third kappa shape index (κ3) is 2.52. The van der Waals surface area contributed by atoms with Crippen molar-refractivity contribution in [2.45, 2.75) is 52.0 Å². The number of benzene rings is 1. The van der Waals surface area contributed by atoms with Gasteiger partial charge in [-0.3, -0.25) is 0 Å². The Balaban J connectivity index is 1.70. The third-order valence-electron chi connectivity index (χ3n) is 5.50. The van der Waals surface area contributed by atoms with Crippen LogP contribution >= 0.6 is 0 Å². The second-order valence-corrected chi connectivity index (χ2v) is 6.86. The van der Waals surface area contributed by atoms with Crippen molar-refractivity contribution in [3.05, 3.63) is 29.8 Å². The molecule has 0 heterocycles. The summed E-state index contributed by atoms with van der Waals surface area (Å²) >= 11 is 0. The van der Waals surface area contributed by atoms with Gasteiger partial charge in [-0.1, -0.05) is 26.0 Å². The first-order valence-corrected chi connectivity index (χ1v) is 7.99. The highest BCUT2D eigenvalue weighted by Gasteiger charge is 2.41. The van der Waals surface area contributed by atoms with E-state index >= 15 is 0 Å². The van der Waals surface area contributed by atoms with Crippen LogP contribution in [0, 0.1) is 17.8 Å². The molecule has 2 saturated carbocycles. The quantitative estimate of drug-likeness (QED) is 0.770. The van der Waals surface area contributed by atoms with E-state index in [2.05, 4.69) is 50.1 Å². The van der Waals surface area contributed by atoms with Crippen LogP contribution in [-0.2, 0) is 6.42 Å². The molecule has 1 nitrogen and oxygen atoms in total. The molecule has 0 saturated heterocycles. The van der Waals surface area contributed by atoms with Crippen LogP contribution in [-0.4, -0.2) is 13.1 Å². The highest BCUT2D eigenvalue weighted by molar-refractivity contribution is 5.49. The van der Waals surface area contributed by atoms with Crippen LogP contribution in [0.5, 0.6) is 0 Å². The predicted molar refractivity (Wildman–Crippen MR) is 82.6 cm³/mol. The molecule has 0 spiro atoms. The molecule has 0 aliphatic heterocycles.